The molecule has 2 aromatic carbocycles. The van der Waals surface area contributed by atoms with Gasteiger partial charge in [0.15, 0.2) is 5.82 Å². The molecule has 32 heavy (non-hydrogen) atoms. The summed E-state index contributed by atoms with van der Waals surface area (Å²) < 4.78 is 30.7. The van der Waals surface area contributed by atoms with Gasteiger partial charge in [0.25, 0.3) is 5.91 Å². The Bertz CT molecular complexity index is 1110. The van der Waals surface area contributed by atoms with Crippen LogP contribution < -0.4 is 14.8 Å². The summed E-state index contributed by atoms with van der Waals surface area (Å²) in [5.41, 5.74) is 0.378. The van der Waals surface area contributed by atoms with Gasteiger partial charge >= 0.3 is 0 Å². The van der Waals surface area contributed by atoms with Gasteiger partial charge in [-0.25, -0.2) is 0 Å². The van der Waals surface area contributed by atoms with Crippen molar-refractivity contribution in [1.82, 2.24) is 9.78 Å². The third kappa shape index (κ3) is 5.73. The molecule has 1 aliphatic rings. The van der Waals surface area contributed by atoms with Crippen LogP contribution in [-0.4, -0.2) is 45.5 Å². The molecule has 0 radical (unpaired) electrons. The molecule has 0 bridgehead atoms. The zero-order valence-corrected chi connectivity index (χ0v) is 19.5. The smallest absolute Gasteiger partial charge is 0.257 e. The first-order valence-electron chi connectivity index (χ1n) is 10.1. The minimum Gasteiger partial charge on any atom is -0.488 e. The zero-order valence-electron chi connectivity index (χ0n) is 17.5. The molecular formula is C22H24N3O5PS. The van der Waals surface area contributed by atoms with Crippen LogP contribution in [0.15, 0.2) is 59.6 Å². The number of aromatic nitrogens is 2. The molecule has 10 heteroatoms. The number of hydrogen-bond acceptors (Lipinski definition) is 6. The summed E-state index contributed by atoms with van der Waals surface area (Å²) in [5, 5.41) is 7.07. The molecule has 0 saturated carbocycles. The van der Waals surface area contributed by atoms with E-state index < -0.39 is 10.8 Å². The highest BCUT2D eigenvalue weighted by molar-refractivity contribution is 7.84. The lowest BCUT2D eigenvalue weighted by Gasteiger charge is -2.15. The monoisotopic (exact) mass is 473 g/mol. The quantitative estimate of drug-likeness (QED) is 0.502. The number of nitrogens with zero attached hydrogens (tertiary/aromatic N) is 2. The molecule has 168 valence electrons. The first-order chi connectivity index (χ1) is 15.5. The number of anilines is 1. The SMILES string of the molecule is CS(=O)c1ccc(Oc2cc(O[C@H]3CCOC3)cc(C(=O)Nc3ccn(CP)n3)c2)cc1. The van der Waals surface area contributed by atoms with E-state index in [9.17, 15) is 9.00 Å². The molecule has 4 rings (SSSR count). The van der Waals surface area contributed by atoms with Crippen molar-refractivity contribution in [3.8, 4) is 17.2 Å². The minimum absolute atomic E-state index is 0.0715. The predicted octanol–water partition coefficient (Wildman–Crippen LogP) is 3.67. The van der Waals surface area contributed by atoms with Crippen LogP contribution >= 0.6 is 9.24 Å². The lowest BCUT2D eigenvalue weighted by atomic mass is 10.1. The highest BCUT2D eigenvalue weighted by Gasteiger charge is 2.19. The summed E-state index contributed by atoms with van der Waals surface area (Å²) in [6.45, 7) is 1.16. The Labute approximate surface area is 190 Å². The van der Waals surface area contributed by atoms with E-state index in [4.69, 9.17) is 14.2 Å². The fraction of sp³-hybridized carbons (Fsp3) is 0.273. The number of benzene rings is 2. The normalized spacial score (nSPS) is 16.5. The van der Waals surface area contributed by atoms with E-state index in [0.717, 1.165) is 6.42 Å². The third-order valence-electron chi connectivity index (χ3n) is 4.79. The van der Waals surface area contributed by atoms with E-state index in [0.29, 0.717) is 53.0 Å². The number of ether oxygens (including phenoxy) is 3. The van der Waals surface area contributed by atoms with Crippen molar-refractivity contribution in [3.05, 3.63) is 60.3 Å². The molecule has 1 saturated heterocycles. The molecule has 1 aromatic heterocycles. The Morgan fingerprint density at radius 1 is 1.22 bits per heavy atom. The highest BCUT2D eigenvalue weighted by Crippen LogP contribution is 2.30. The van der Waals surface area contributed by atoms with E-state index in [1.807, 2.05) is 0 Å². The first-order valence-corrected chi connectivity index (χ1v) is 12.4. The minimum atomic E-state index is -1.07. The fourth-order valence-corrected chi connectivity index (χ4v) is 3.90. The molecule has 1 fully saturated rings. The molecule has 1 aliphatic heterocycles. The largest absolute Gasteiger partial charge is 0.488 e. The van der Waals surface area contributed by atoms with Crippen molar-refractivity contribution in [2.45, 2.75) is 23.7 Å². The van der Waals surface area contributed by atoms with Crippen LogP contribution in [0.5, 0.6) is 17.2 Å². The van der Waals surface area contributed by atoms with E-state index >= 15 is 0 Å². The number of amides is 1. The maximum absolute atomic E-state index is 12.9. The molecule has 0 spiro atoms. The van der Waals surface area contributed by atoms with Gasteiger partial charge in [0.05, 0.1) is 19.5 Å². The predicted molar refractivity (Wildman–Crippen MR) is 125 cm³/mol. The summed E-state index contributed by atoms with van der Waals surface area (Å²) in [6.07, 6.45) is 4.75. The molecule has 3 aromatic rings. The van der Waals surface area contributed by atoms with Gasteiger partial charge in [0.1, 0.15) is 23.4 Å². The molecule has 2 heterocycles. The van der Waals surface area contributed by atoms with E-state index in [-0.39, 0.29) is 12.0 Å². The van der Waals surface area contributed by atoms with E-state index in [1.54, 1.807) is 65.7 Å². The van der Waals surface area contributed by atoms with Gasteiger partial charge in [-0.1, -0.05) is 0 Å². The molecule has 2 unspecified atom stereocenters. The molecule has 1 amide bonds. The van der Waals surface area contributed by atoms with E-state index in [2.05, 4.69) is 19.7 Å². The number of carbonyl (C=O) groups is 1. The van der Waals surface area contributed by atoms with E-state index in [1.165, 1.54) is 0 Å². The Balaban J connectivity index is 1.57. The number of carbonyl (C=O) groups excluding carboxylic acids is 1. The van der Waals surface area contributed by atoms with Crippen molar-refractivity contribution >= 4 is 31.8 Å². The average Bonchev–Trinajstić information content (AvgIpc) is 3.46. The van der Waals surface area contributed by atoms with Gasteiger partial charge in [0, 0.05) is 52.3 Å². The van der Waals surface area contributed by atoms with Crippen molar-refractivity contribution in [2.75, 3.05) is 24.8 Å². The van der Waals surface area contributed by atoms with Crippen LogP contribution in [0.25, 0.3) is 0 Å². The lowest BCUT2D eigenvalue weighted by Crippen LogP contribution is -2.17. The maximum atomic E-state index is 12.9. The lowest BCUT2D eigenvalue weighted by molar-refractivity contribution is 0.102. The second kappa shape index (κ2) is 10.3. The van der Waals surface area contributed by atoms with Crippen molar-refractivity contribution in [2.24, 2.45) is 0 Å². The van der Waals surface area contributed by atoms with Gasteiger partial charge in [-0.15, -0.1) is 9.24 Å². The molecular weight excluding hydrogens is 449 g/mol. The number of hydrogen-bond donors (Lipinski definition) is 1. The third-order valence-corrected chi connectivity index (χ3v) is 6.10. The van der Waals surface area contributed by atoms with Crippen LogP contribution in [0.3, 0.4) is 0 Å². The average molecular weight is 473 g/mol. The van der Waals surface area contributed by atoms with Crippen LogP contribution in [0, 0.1) is 0 Å². The van der Waals surface area contributed by atoms with Gasteiger partial charge in [-0.2, -0.15) is 5.10 Å². The fourth-order valence-electron chi connectivity index (χ4n) is 3.18. The van der Waals surface area contributed by atoms with Gasteiger partial charge in [-0.05, 0) is 36.4 Å². The topological polar surface area (TPSA) is 91.7 Å². The number of nitrogens with one attached hydrogen (secondary N) is 1. The van der Waals surface area contributed by atoms with Crippen LogP contribution in [-0.2, 0) is 21.8 Å². The van der Waals surface area contributed by atoms with Gasteiger partial charge in [0.2, 0.25) is 0 Å². The van der Waals surface area contributed by atoms with Crippen molar-refractivity contribution in [1.29, 1.82) is 0 Å². The maximum Gasteiger partial charge on any atom is 0.257 e. The Morgan fingerprint density at radius 2 is 2.00 bits per heavy atom. The van der Waals surface area contributed by atoms with Crippen LogP contribution in [0.2, 0.25) is 0 Å². The summed E-state index contributed by atoms with van der Waals surface area (Å²) in [7, 11) is 1.50. The molecule has 8 nitrogen and oxygen atoms in total. The Hall–Kier alpha value is -2.74. The highest BCUT2D eigenvalue weighted by atomic mass is 32.2. The second-order valence-corrected chi connectivity index (χ2v) is 8.95. The summed E-state index contributed by atoms with van der Waals surface area (Å²) >= 11 is 0. The van der Waals surface area contributed by atoms with Crippen LogP contribution in [0.4, 0.5) is 5.82 Å². The summed E-state index contributed by atoms with van der Waals surface area (Å²) in [6, 6.07) is 13.8. The number of rotatable bonds is 8. The Kier molecular flexibility index (Phi) is 7.19. The second-order valence-electron chi connectivity index (χ2n) is 7.20. The van der Waals surface area contributed by atoms with Gasteiger partial charge in [-0.3, -0.25) is 13.7 Å². The first kappa shape index (κ1) is 22.5. The zero-order chi connectivity index (χ0) is 22.5. The summed E-state index contributed by atoms with van der Waals surface area (Å²) in [4.78, 5) is 13.6. The van der Waals surface area contributed by atoms with Gasteiger partial charge < -0.3 is 19.5 Å². The standard InChI is InChI=1S/C22H24N3O5PS/c1-32(27)20-4-2-16(3-5-20)29-18-10-15(11-19(12-18)30-17-7-9-28-13-17)22(26)23-21-6-8-25(14-31)24-21/h2-6,8,10-12,17H,7,9,13-14,31H2,1H3,(H,23,24,26)/t17-,32?/m0/s1. The molecule has 1 N–H and O–H groups in total. The van der Waals surface area contributed by atoms with Crippen molar-refractivity contribution in [3.63, 3.8) is 0 Å². The molecule has 0 aliphatic carbocycles. The van der Waals surface area contributed by atoms with Crippen LogP contribution in [0.1, 0.15) is 16.8 Å². The Morgan fingerprint density at radius 3 is 2.66 bits per heavy atom. The summed E-state index contributed by atoms with van der Waals surface area (Å²) in [5.74, 6) is 1.66. The van der Waals surface area contributed by atoms with Crippen molar-refractivity contribution < 1.29 is 23.2 Å². The molecule has 3 atom stereocenters.